The van der Waals surface area contributed by atoms with E-state index in [1.54, 1.807) is 19.1 Å². The van der Waals surface area contributed by atoms with Gasteiger partial charge in [0.15, 0.2) is 0 Å². The first-order valence-electron chi connectivity index (χ1n) is 6.52. The summed E-state index contributed by atoms with van der Waals surface area (Å²) in [5.74, 6) is 0.607. The van der Waals surface area contributed by atoms with Crippen LogP contribution in [0.1, 0.15) is 13.8 Å². The van der Waals surface area contributed by atoms with Crippen molar-refractivity contribution in [1.82, 2.24) is 4.72 Å². The maximum absolute atomic E-state index is 12.0. The molecule has 114 valence electrons. The maximum atomic E-state index is 12.0. The van der Waals surface area contributed by atoms with Crippen LogP contribution in [0.4, 0.5) is 0 Å². The van der Waals surface area contributed by atoms with Gasteiger partial charge in [-0.3, -0.25) is 0 Å². The SMILES string of the molecule is CCOCCOc1ccc(S(=O)(=O)N[C@@H](C)CN)cc1. The van der Waals surface area contributed by atoms with E-state index >= 15 is 0 Å². The second kappa shape index (κ2) is 8.21. The third-order valence-corrected chi connectivity index (χ3v) is 4.15. The molecule has 0 amide bonds. The molecule has 6 nitrogen and oxygen atoms in total. The average Bonchev–Trinajstić information content (AvgIpc) is 2.43. The zero-order chi connectivity index (χ0) is 15.0. The molecule has 0 aliphatic heterocycles. The van der Waals surface area contributed by atoms with E-state index in [2.05, 4.69) is 4.72 Å². The summed E-state index contributed by atoms with van der Waals surface area (Å²) < 4.78 is 37.0. The Bertz CT molecular complexity index is 488. The molecule has 0 bridgehead atoms. The quantitative estimate of drug-likeness (QED) is 0.656. The van der Waals surface area contributed by atoms with E-state index in [1.807, 2.05) is 6.92 Å². The Balaban J connectivity index is 2.61. The minimum Gasteiger partial charge on any atom is -0.491 e. The van der Waals surface area contributed by atoms with Crippen LogP contribution in [-0.2, 0) is 14.8 Å². The van der Waals surface area contributed by atoms with Crippen LogP contribution in [0, 0.1) is 0 Å². The number of nitrogens with one attached hydrogen (secondary N) is 1. The van der Waals surface area contributed by atoms with Gasteiger partial charge in [-0.15, -0.1) is 0 Å². The number of benzene rings is 1. The van der Waals surface area contributed by atoms with Crippen LogP contribution in [0.2, 0.25) is 0 Å². The van der Waals surface area contributed by atoms with Gasteiger partial charge < -0.3 is 15.2 Å². The molecule has 1 aromatic rings. The van der Waals surface area contributed by atoms with E-state index in [4.69, 9.17) is 15.2 Å². The summed E-state index contributed by atoms with van der Waals surface area (Å²) in [6.07, 6.45) is 0. The van der Waals surface area contributed by atoms with Crippen molar-refractivity contribution < 1.29 is 17.9 Å². The molecule has 0 unspecified atom stereocenters. The molecule has 0 saturated heterocycles. The lowest BCUT2D eigenvalue weighted by Gasteiger charge is -2.12. The fourth-order valence-electron chi connectivity index (χ4n) is 1.46. The van der Waals surface area contributed by atoms with Crippen LogP contribution < -0.4 is 15.2 Å². The van der Waals surface area contributed by atoms with Crippen LogP contribution in [0.3, 0.4) is 0 Å². The van der Waals surface area contributed by atoms with Crippen LogP contribution in [0.15, 0.2) is 29.2 Å². The Morgan fingerprint density at radius 3 is 2.45 bits per heavy atom. The van der Waals surface area contributed by atoms with Gasteiger partial charge in [-0.2, -0.15) is 0 Å². The smallest absolute Gasteiger partial charge is 0.240 e. The summed E-state index contributed by atoms with van der Waals surface area (Å²) >= 11 is 0. The summed E-state index contributed by atoms with van der Waals surface area (Å²) in [5.41, 5.74) is 5.40. The van der Waals surface area contributed by atoms with Gasteiger partial charge in [0.1, 0.15) is 12.4 Å². The summed E-state index contributed by atoms with van der Waals surface area (Å²) in [6.45, 7) is 5.45. The molecular formula is C13H22N2O4S. The Labute approximate surface area is 120 Å². The molecule has 3 N–H and O–H groups in total. The summed E-state index contributed by atoms with van der Waals surface area (Å²) in [4.78, 5) is 0.190. The zero-order valence-electron chi connectivity index (χ0n) is 11.8. The first-order chi connectivity index (χ1) is 9.49. The molecule has 0 heterocycles. The van der Waals surface area contributed by atoms with Gasteiger partial charge in [0.25, 0.3) is 0 Å². The lowest BCUT2D eigenvalue weighted by Crippen LogP contribution is -2.37. The van der Waals surface area contributed by atoms with Gasteiger partial charge in [-0.05, 0) is 38.1 Å². The van der Waals surface area contributed by atoms with E-state index in [9.17, 15) is 8.42 Å². The van der Waals surface area contributed by atoms with Crippen LogP contribution in [0.25, 0.3) is 0 Å². The predicted octanol–water partition coefficient (Wildman–Crippen LogP) is 0.727. The third-order valence-electron chi connectivity index (χ3n) is 2.54. The van der Waals surface area contributed by atoms with Crippen molar-refractivity contribution in [3.05, 3.63) is 24.3 Å². The highest BCUT2D eigenvalue weighted by Crippen LogP contribution is 2.16. The van der Waals surface area contributed by atoms with E-state index < -0.39 is 10.0 Å². The van der Waals surface area contributed by atoms with Crippen molar-refractivity contribution in [3.8, 4) is 5.75 Å². The van der Waals surface area contributed by atoms with E-state index in [1.165, 1.54) is 12.1 Å². The highest BCUT2D eigenvalue weighted by atomic mass is 32.2. The number of nitrogens with two attached hydrogens (primary N) is 1. The first kappa shape index (κ1) is 16.9. The molecule has 1 rings (SSSR count). The number of hydrogen-bond donors (Lipinski definition) is 2. The fraction of sp³-hybridized carbons (Fsp3) is 0.538. The van der Waals surface area contributed by atoms with Gasteiger partial charge >= 0.3 is 0 Å². The number of ether oxygens (including phenoxy) is 2. The molecule has 0 aliphatic carbocycles. The Hall–Kier alpha value is -1.15. The van der Waals surface area contributed by atoms with E-state index in [0.29, 0.717) is 25.6 Å². The van der Waals surface area contributed by atoms with Crippen molar-refractivity contribution in [2.45, 2.75) is 24.8 Å². The van der Waals surface area contributed by atoms with Gasteiger partial charge in [0.2, 0.25) is 10.0 Å². The van der Waals surface area contributed by atoms with E-state index in [-0.39, 0.29) is 17.5 Å². The lowest BCUT2D eigenvalue weighted by molar-refractivity contribution is 0.110. The van der Waals surface area contributed by atoms with Crippen molar-refractivity contribution in [2.24, 2.45) is 5.73 Å². The maximum Gasteiger partial charge on any atom is 0.240 e. The predicted molar refractivity (Wildman–Crippen MR) is 77.3 cm³/mol. The normalized spacial score (nSPS) is 13.2. The molecule has 0 spiro atoms. The van der Waals surface area contributed by atoms with Crippen LogP contribution in [-0.4, -0.2) is 40.8 Å². The molecule has 0 aliphatic rings. The number of hydrogen-bond acceptors (Lipinski definition) is 5. The molecule has 0 fully saturated rings. The van der Waals surface area contributed by atoms with Gasteiger partial charge in [0, 0.05) is 19.2 Å². The van der Waals surface area contributed by atoms with Gasteiger partial charge in [0.05, 0.1) is 11.5 Å². The average molecular weight is 302 g/mol. The minimum absolute atomic E-state index is 0.190. The Morgan fingerprint density at radius 1 is 1.25 bits per heavy atom. The molecule has 0 saturated carbocycles. The number of sulfonamides is 1. The topological polar surface area (TPSA) is 90.6 Å². The van der Waals surface area contributed by atoms with Crippen molar-refractivity contribution in [1.29, 1.82) is 0 Å². The third kappa shape index (κ3) is 5.46. The molecule has 0 radical (unpaired) electrons. The van der Waals surface area contributed by atoms with Gasteiger partial charge in [-0.25, -0.2) is 13.1 Å². The van der Waals surface area contributed by atoms with Crippen LogP contribution in [0.5, 0.6) is 5.75 Å². The Morgan fingerprint density at radius 2 is 1.90 bits per heavy atom. The standard InChI is InChI=1S/C13H22N2O4S/c1-3-18-8-9-19-12-4-6-13(7-5-12)20(16,17)15-11(2)10-14/h4-7,11,15H,3,8-10,14H2,1-2H3/t11-/m0/s1. The van der Waals surface area contributed by atoms with E-state index in [0.717, 1.165) is 0 Å². The second-order valence-electron chi connectivity index (χ2n) is 4.27. The molecule has 20 heavy (non-hydrogen) atoms. The Kier molecular flexibility index (Phi) is 6.94. The monoisotopic (exact) mass is 302 g/mol. The van der Waals surface area contributed by atoms with Crippen LogP contribution >= 0.6 is 0 Å². The summed E-state index contributed by atoms with van der Waals surface area (Å²) in [6, 6.07) is 5.94. The first-order valence-corrected chi connectivity index (χ1v) is 8.01. The van der Waals surface area contributed by atoms with Crippen molar-refractivity contribution >= 4 is 10.0 Å². The number of rotatable bonds is 9. The largest absolute Gasteiger partial charge is 0.491 e. The molecule has 7 heteroatoms. The highest BCUT2D eigenvalue weighted by molar-refractivity contribution is 7.89. The van der Waals surface area contributed by atoms with Gasteiger partial charge in [-0.1, -0.05) is 0 Å². The summed E-state index contributed by atoms with van der Waals surface area (Å²) in [5, 5.41) is 0. The van der Waals surface area contributed by atoms with Crippen molar-refractivity contribution in [2.75, 3.05) is 26.4 Å². The minimum atomic E-state index is -3.53. The zero-order valence-corrected chi connectivity index (χ0v) is 12.7. The highest BCUT2D eigenvalue weighted by Gasteiger charge is 2.16. The molecular weight excluding hydrogens is 280 g/mol. The van der Waals surface area contributed by atoms with Crippen molar-refractivity contribution in [3.63, 3.8) is 0 Å². The summed E-state index contributed by atoms with van der Waals surface area (Å²) in [7, 11) is -3.53. The second-order valence-corrected chi connectivity index (χ2v) is 5.99. The molecule has 1 atom stereocenters. The molecule has 0 aromatic heterocycles. The lowest BCUT2D eigenvalue weighted by atomic mass is 10.3. The fourth-order valence-corrected chi connectivity index (χ4v) is 2.72. The molecule has 1 aromatic carbocycles.